The molecule has 1 aromatic rings. The van der Waals surface area contributed by atoms with Crippen molar-refractivity contribution in [3.63, 3.8) is 0 Å². The SMILES string of the molecule is Cc1ccc(NC(=O)[C@H]2CCCCN2)cn1.Cl. The summed E-state index contributed by atoms with van der Waals surface area (Å²) in [5, 5.41) is 6.09. The Kier molecular flexibility index (Phi) is 5.38. The maximum absolute atomic E-state index is 11.9. The monoisotopic (exact) mass is 255 g/mol. The van der Waals surface area contributed by atoms with E-state index in [0.717, 1.165) is 37.2 Å². The van der Waals surface area contributed by atoms with Crippen LogP contribution in [0.2, 0.25) is 0 Å². The number of aromatic nitrogens is 1. The van der Waals surface area contributed by atoms with Crippen LogP contribution in [-0.4, -0.2) is 23.5 Å². The molecule has 0 aromatic carbocycles. The minimum absolute atomic E-state index is 0. The highest BCUT2D eigenvalue weighted by molar-refractivity contribution is 5.94. The summed E-state index contributed by atoms with van der Waals surface area (Å²) in [5.41, 5.74) is 1.72. The van der Waals surface area contributed by atoms with Gasteiger partial charge in [0.15, 0.2) is 0 Å². The summed E-state index contributed by atoms with van der Waals surface area (Å²) >= 11 is 0. The zero-order valence-electron chi connectivity index (χ0n) is 9.90. The van der Waals surface area contributed by atoms with Crippen molar-refractivity contribution in [2.75, 3.05) is 11.9 Å². The lowest BCUT2D eigenvalue weighted by molar-refractivity contribution is -0.118. The summed E-state index contributed by atoms with van der Waals surface area (Å²) in [6, 6.07) is 3.72. The van der Waals surface area contributed by atoms with Gasteiger partial charge in [-0.3, -0.25) is 9.78 Å². The van der Waals surface area contributed by atoms with Crippen LogP contribution in [0.1, 0.15) is 25.0 Å². The van der Waals surface area contributed by atoms with Crippen molar-refractivity contribution in [2.45, 2.75) is 32.2 Å². The molecule has 1 aromatic heterocycles. The summed E-state index contributed by atoms with van der Waals surface area (Å²) < 4.78 is 0. The first-order valence-electron chi connectivity index (χ1n) is 5.72. The van der Waals surface area contributed by atoms with E-state index in [9.17, 15) is 4.79 Å². The number of pyridine rings is 1. The van der Waals surface area contributed by atoms with Crippen molar-refractivity contribution in [2.24, 2.45) is 0 Å². The van der Waals surface area contributed by atoms with Crippen LogP contribution in [-0.2, 0) is 4.79 Å². The molecule has 17 heavy (non-hydrogen) atoms. The Hall–Kier alpha value is -1.13. The molecule has 4 nitrogen and oxygen atoms in total. The van der Waals surface area contributed by atoms with E-state index in [0.29, 0.717) is 0 Å². The normalized spacial score (nSPS) is 19.2. The van der Waals surface area contributed by atoms with Crippen molar-refractivity contribution in [1.29, 1.82) is 0 Å². The zero-order chi connectivity index (χ0) is 11.4. The fourth-order valence-corrected chi connectivity index (χ4v) is 1.85. The third-order valence-electron chi connectivity index (χ3n) is 2.81. The number of rotatable bonds is 2. The highest BCUT2D eigenvalue weighted by Crippen LogP contribution is 2.11. The smallest absolute Gasteiger partial charge is 0.241 e. The second-order valence-corrected chi connectivity index (χ2v) is 4.18. The molecule has 2 heterocycles. The Morgan fingerprint density at radius 2 is 2.29 bits per heavy atom. The van der Waals surface area contributed by atoms with Crippen molar-refractivity contribution in [1.82, 2.24) is 10.3 Å². The van der Waals surface area contributed by atoms with Gasteiger partial charge in [0.1, 0.15) is 0 Å². The maximum atomic E-state index is 11.9. The fraction of sp³-hybridized carbons (Fsp3) is 0.500. The van der Waals surface area contributed by atoms with Crippen molar-refractivity contribution in [3.05, 3.63) is 24.0 Å². The van der Waals surface area contributed by atoms with Gasteiger partial charge in [-0.1, -0.05) is 6.42 Å². The number of hydrogen-bond donors (Lipinski definition) is 2. The zero-order valence-corrected chi connectivity index (χ0v) is 10.7. The van der Waals surface area contributed by atoms with Crippen LogP contribution >= 0.6 is 12.4 Å². The second-order valence-electron chi connectivity index (χ2n) is 4.18. The lowest BCUT2D eigenvalue weighted by Crippen LogP contribution is -2.43. The Labute approximate surface area is 108 Å². The van der Waals surface area contributed by atoms with E-state index in [-0.39, 0.29) is 24.4 Å². The van der Waals surface area contributed by atoms with Crippen LogP contribution in [0.5, 0.6) is 0 Å². The molecule has 0 spiro atoms. The average Bonchev–Trinajstić information content (AvgIpc) is 2.33. The van der Waals surface area contributed by atoms with Gasteiger partial charge in [-0.05, 0) is 38.4 Å². The van der Waals surface area contributed by atoms with Gasteiger partial charge in [0.25, 0.3) is 0 Å². The Bertz CT molecular complexity index is 361. The van der Waals surface area contributed by atoms with E-state index in [1.807, 2.05) is 19.1 Å². The molecule has 1 aliphatic heterocycles. The molecule has 2 N–H and O–H groups in total. The first-order valence-corrected chi connectivity index (χ1v) is 5.72. The van der Waals surface area contributed by atoms with Gasteiger partial charge in [0, 0.05) is 5.69 Å². The molecular formula is C12H18ClN3O. The summed E-state index contributed by atoms with van der Waals surface area (Å²) in [4.78, 5) is 16.0. The van der Waals surface area contributed by atoms with Gasteiger partial charge >= 0.3 is 0 Å². The third kappa shape index (κ3) is 3.98. The molecule has 0 aliphatic carbocycles. The molecule has 94 valence electrons. The van der Waals surface area contributed by atoms with Crippen LogP contribution in [0.15, 0.2) is 18.3 Å². The molecule has 5 heteroatoms. The number of anilines is 1. The molecule has 1 amide bonds. The van der Waals surface area contributed by atoms with Gasteiger partial charge in [-0.15, -0.1) is 12.4 Å². The van der Waals surface area contributed by atoms with E-state index in [4.69, 9.17) is 0 Å². The molecule has 0 saturated carbocycles. The Morgan fingerprint density at radius 1 is 1.47 bits per heavy atom. The highest BCUT2D eigenvalue weighted by atomic mass is 35.5. The molecule has 1 aliphatic rings. The number of nitrogens with zero attached hydrogens (tertiary/aromatic N) is 1. The standard InChI is InChI=1S/C12H17N3O.ClH/c1-9-5-6-10(8-14-9)15-12(16)11-4-2-3-7-13-11;/h5-6,8,11,13H,2-4,7H2,1H3,(H,15,16);1H/t11-;/m1./s1. The number of aryl methyl sites for hydroxylation is 1. The Balaban J connectivity index is 0.00000144. The summed E-state index contributed by atoms with van der Waals surface area (Å²) in [5.74, 6) is 0.0466. The summed E-state index contributed by atoms with van der Waals surface area (Å²) in [6.07, 6.45) is 4.90. The fourth-order valence-electron chi connectivity index (χ4n) is 1.85. The van der Waals surface area contributed by atoms with Crippen LogP contribution in [0.3, 0.4) is 0 Å². The third-order valence-corrected chi connectivity index (χ3v) is 2.81. The number of amides is 1. The predicted molar refractivity (Wildman–Crippen MR) is 70.5 cm³/mol. The summed E-state index contributed by atoms with van der Waals surface area (Å²) in [7, 11) is 0. The van der Waals surface area contributed by atoms with Crippen molar-refractivity contribution < 1.29 is 4.79 Å². The molecular weight excluding hydrogens is 238 g/mol. The van der Waals surface area contributed by atoms with Crippen LogP contribution in [0.25, 0.3) is 0 Å². The number of halogens is 1. The van der Waals surface area contributed by atoms with Gasteiger partial charge in [0.05, 0.1) is 17.9 Å². The molecule has 0 radical (unpaired) electrons. The number of carbonyl (C=O) groups excluding carboxylic acids is 1. The number of hydrogen-bond acceptors (Lipinski definition) is 3. The van der Waals surface area contributed by atoms with E-state index in [1.54, 1.807) is 6.20 Å². The largest absolute Gasteiger partial charge is 0.323 e. The minimum Gasteiger partial charge on any atom is -0.323 e. The van der Waals surface area contributed by atoms with Gasteiger partial charge < -0.3 is 10.6 Å². The van der Waals surface area contributed by atoms with Crippen LogP contribution < -0.4 is 10.6 Å². The first-order chi connectivity index (χ1) is 7.75. The molecule has 1 saturated heterocycles. The van der Waals surface area contributed by atoms with Crippen molar-refractivity contribution >= 4 is 24.0 Å². The first kappa shape index (κ1) is 13.9. The second kappa shape index (κ2) is 6.57. The maximum Gasteiger partial charge on any atom is 0.241 e. The topological polar surface area (TPSA) is 54.0 Å². The van der Waals surface area contributed by atoms with Gasteiger partial charge in [0.2, 0.25) is 5.91 Å². The lowest BCUT2D eigenvalue weighted by Gasteiger charge is -2.22. The minimum atomic E-state index is -0.0462. The number of carbonyl (C=O) groups is 1. The molecule has 0 unspecified atom stereocenters. The Morgan fingerprint density at radius 3 is 2.88 bits per heavy atom. The molecule has 0 bridgehead atoms. The molecule has 1 fully saturated rings. The predicted octanol–water partition coefficient (Wildman–Crippen LogP) is 1.89. The van der Waals surface area contributed by atoms with E-state index < -0.39 is 0 Å². The summed E-state index contributed by atoms with van der Waals surface area (Å²) in [6.45, 7) is 2.86. The van der Waals surface area contributed by atoms with E-state index >= 15 is 0 Å². The molecule has 1 atom stereocenters. The molecule has 2 rings (SSSR count). The van der Waals surface area contributed by atoms with E-state index in [2.05, 4.69) is 15.6 Å². The highest BCUT2D eigenvalue weighted by Gasteiger charge is 2.20. The number of nitrogens with one attached hydrogen (secondary N) is 2. The van der Waals surface area contributed by atoms with Crippen LogP contribution in [0, 0.1) is 6.92 Å². The van der Waals surface area contributed by atoms with Gasteiger partial charge in [-0.2, -0.15) is 0 Å². The number of piperidine rings is 1. The van der Waals surface area contributed by atoms with E-state index in [1.165, 1.54) is 0 Å². The van der Waals surface area contributed by atoms with Gasteiger partial charge in [-0.25, -0.2) is 0 Å². The van der Waals surface area contributed by atoms with Crippen LogP contribution in [0.4, 0.5) is 5.69 Å². The lowest BCUT2D eigenvalue weighted by atomic mass is 10.0. The quantitative estimate of drug-likeness (QED) is 0.849. The van der Waals surface area contributed by atoms with Crippen molar-refractivity contribution in [3.8, 4) is 0 Å². The average molecular weight is 256 g/mol.